The molecule has 49 nitrogen and oxygen atoms in total. The SMILES string of the molecule is CC(C)C[C@@H]1NC(=O)CNC(=O)[C@H](Cc2ccc(O)c(Cl)c2)NC(=O)[C@@H]2C[C@@H](O)CN2C(=O)C(NC(=O)C(CCC(=O)O)NC(=O)[C@H](Cc2ccc(O)cc2)NC(=O)C(CCNC(=O)CCC(C(=O)O)N2CCN(CC(=O)O)CCN(CC(=O)O)CCN(CC(=O)O)CC2)NC(=O)CCC(C(=O)O)N2CCN(CC(=O)O)CCN(CC(=O)O)CCN(CC(=O)O)CC2)CSSCCNC1=O.[Gd+2].[Gd+2]. The number of carbonyl (C=O) groups is 19. The first-order valence-corrected chi connectivity index (χ1v) is 46.7. The largest absolute Gasteiger partial charge is 2.00 e. The van der Waals surface area contributed by atoms with Gasteiger partial charge in [0, 0.05) is 174 Å². The van der Waals surface area contributed by atoms with E-state index in [1.165, 1.54) is 81.7 Å². The van der Waals surface area contributed by atoms with Crippen molar-refractivity contribution in [3.63, 3.8) is 0 Å². The van der Waals surface area contributed by atoms with Crippen LogP contribution in [0.5, 0.6) is 11.5 Å². The fourth-order valence-corrected chi connectivity index (χ4v) is 17.8. The number of halogens is 1. The van der Waals surface area contributed by atoms with E-state index in [2.05, 4.69) is 47.9 Å². The van der Waals surface area contributed by atoms with Gasteiger partial charge in [0.25, 0.3) is 0 Å². The second kappa shape index (κ2) is 62.4. The van der Waals surface area contributed by atoms with Crippen LogP contribution in [0.15, 0.2) is 42.5 Å². The normalized spacial score (nSPS) is 20.7. The number of carbonyl (C=O) groups excluding carboxylic acids is 10. The van der Waals surface area contributed by atoms with Crippen LogP contribution in [0, 0.1) is 85.8 Å². The molecule has 10 amide bonds. The number of nitrogens with one attached hydrogen (secondary N) is 9. The molecule has 0 aromatic heterocycles. The third-order valence-corrected chi connectivity index (χ3v) is 25.2. The number of aliphatic carboxylic acids is 9. The smallest absolute Gasteiger partial charge is 0.508 e. The Morgan fingerprint density at radius 3 is 1.37 bits per heavy atom. The summed E-state index contributed by atoms with van der Waals surface area (Å²) in [5, 5.41) is 145. The molecule has 0 aliphatic carbocycles. The van der Waals surface area contributed by atoms with Gasteiger partial charge in [-0.1, -0.05) is 65.2 Å². The molecule has 4 aliphatic rings. The molecule has 762 valence electrons. The maximum absolute atomic E-state index is 15.3. The molecule has 137 heavy (non-hydrogen) atoms. The van der Waals surface area contributed by atoms with Crippen LogP contribution in [0.1, 0.15) is 82.8 Å². The number of phenols is 2. The molecule has 5 unspecified atom stereocenters. The average molecular weight is 2280 g/mol. The van der Waals surface area contributed by atoms with E-state index in [9.17, 15) is 133 Å². The van der Waals surface area contributed by atoms with Gasteiger partial charge in [0.05, 0.1) is 56.9 Å². The van der Waals surface area contributed by atoms with Crippen molar-refractivity contribution in [2.24, 2.45) is 5.92 Å². The molecule has 10 atom stereocenters. The van der Waals surface area contributed by atoms with E-state index in [4.69, 9.17) is 11.6 Å². The fraction of sp³-hybridized carbons (Fsp3) is 0.627. The number of benzene rings is 2. The van der Waals surface area contributed by atoms with Gasteiger partial charge < -0.3 is 114 Å². The molecule has 6 rings (SSSR count). The number of aromatic hydroxyl groups is 2. The second-order valence-corrected chi connectivity index (χ2v) is 36.5. The number of fused-ring (bicyclic) bond motifs is 1. The number of phenolic OH excluding ortho intramolecular Hbond substituents is 2. The van der Waals surface area contributed by atoms with Crippen molar-refractivity contribution in [3.8, 4) is 11.5 Å². The van der Waals surface area contributed by atoms with Crippen molar-refractivity contribution in [2.75, 3.05) is 182 Å². The van der Waals surface area contributed by atoms with Crippen molar-refractivity contribution in [2.45, 2.75) is 145 Å². The molecular weight excluding hydrogens is 2160 g/mol. The Bertz CT molecular complexity index is 4390. The summed E-state index contributed by atoms with van der Waals surface area (Å²) < 4.78 is 0. The van der Waals surface area contributed by atoms with Crippen molar-refractivity contribution in [1.82, 2.24) is 92.0 Å². The first-order chi connectivity index (χ1) is 63.9. The molecule has 0 saturated carbocycles. The Labute approximate surface area is 865 Å². The van der Waals surface area contributed by atoms with Crippen LogP contribution in [0.25, 0.3) is 0 Å². The first-order valence-electron chi connectivity index (χ1n) is 43.8. The van der Waals surface area contributed by atoms with Gasteiger partial charge in [-0.15, -0.1) is 0 Å². The van der Waals surface area contributed by atoms with E-state index in [0.717, 1.165) is 26.5 Å². The number of amides is 10. The topological polar surface area (TPSA) is 705 Å². The molecule has 0 spiro atoms. The minimum atomic E-state index is -1.96. The van der Waals surface area contributed by atoms with E-state index in [0.29, 0.717) is 0 Å². The van der Waals surface area contributed by atoms with E-state index in [1.807, 2.05) is 0 Å². The number of carboxylic acid groups (broad SMARTS) is 9. The van der Waals surface area contributed by atoms with Gasteiger partial charge >= 0.3 is 134 Å². The molecule has 21 N–H and O–H groups in total. The standard InChI is InChI=1S/C83H123ClN18O31S2.2Gd/c1-49(2)35-57-75(123)86-17-34-134-135-48-60(81(129)102-41-53(104)39-63(102)80(128)92-58(76(124)87-40-67(108)89-57)38-51-5-11-64(105)54(84)36-51)93-77(125)55(8-14-68(109)110)90-79(127)59(37-50-3-6-52(103)7-4-50)91-78(126)56(88-66(107)13-10-62(83(132)133)101-32-28-98(46-73(119)120)24-20-95(43-70(113)114)21-25-99(29-33-101)47-74(121)122)15-16-85-65(106)12-9-61(82(130)131)100-30-26-96(44-71(115)116)22-18-94(42-69(111)112)19-23-97(27-31-100)45-72(117)118;;/h3-7,11,36,49,53,55-63,103-105H,8-10,12-35,37-48H2,1-2H3,(H,85,106)(H,86,123)(H,87,124)(H,88,107)(H,89,108)(H,90,127)(H,91,126)(H,92,128)(H,93,125)(H,109,110)(H,111,112)(H,113,114)(H,115,116)(H,117,118)(H,119,120)(H,121,122)(H,130,131)(H,132,133);;/q;2*+2/t53-,55?,56?,57+,58+,59+,60?,61?,62?,63+;;/m1../s1. The van der Waals surface area contributed by atoms with E-state index in [-0.39, 0.29) is 243 Å². The Morgan fingerprint density at radius 1 is 0.482 bits per heavy atom. The van der Waals surface area contributed by atoms with Crippen LogP contribution >= 0.6 is 33.2 Å². The number of aliphatic hydroxyl groups excluding tert-OH is 1. The van der Waals surface area contributed by atoms with Crippen LogP contribution in [-0.2, 0) is 104 Å². The first kappa shape index (κ1) is 121. The van der Waals surface area contributed by atoms with Crippen molar-refractivity contribution < 1.29 is 232 Å². The average Bonchev–Trinajstić information content (AvgIpc) is 1.70. The molecule has 54 heteroatoms. The third kappa shape index (κ3) is 45.6. The van der Waals surface area contributed by atoms with Crippen LogP contribution in [0.2, 0.25) is 5.02 Å². The van der Waals surface area contributed by atoms with Crippen LogP contribution in [0.4, 0.5) is 0 Å². The summed E-state index contributed by atoms with van der Waals surface area (Å²) in [5.74, 6) is -23.1. The summed E-state index contributed by atoms with van der Waals surface area (Å²) in [6.07, 6.45) is -7.21. The number of nitrogens with zero attached hydrogens (tertiary/aromatic N) is 9. The number of hydrogen-bond donors (Lipinski definition) is 21. The quantitative estimate of drug-likeness (QED) is 0.0276. The van der Waals surface area contributed by atoms with E-state index >= 15 is 19.2 Å². The van der Waals surface area contributed by atoms with Gasteiger partial charge in [-0.2, -0.15) is 0 Å². The minimum Gasteiger partial charge on any atom is -0.508 e. The van der Waals surface area contributed by atoms with Crippen molar-refractivity contribution >= 4 is 146 Å². The summed E-state index contributed by atoms with van der Waals surface area (Å²) >= 11 is 6.23. The minimum absolute atomic E-state index is 0. The van der Waals surface area contributed by atoms with E-state index in [1.54, 1.807) is 13.8 Å². The number of rotatable bonds is 41. The Balaban J connectivity index is 0.0000196. The van der Waals surface area contributed by atoms with Crippen LogP contribution in [-0.4, -0.2) is 460 Å². The summed E-state index contributed by atoms with van der Waals surface area (Å²) in [4.78, 5) is 269. The molecule has 2 aromatic carbocycles. The maximum atomic E-state index is 15.3. The molecule has 2 aromatic rings. The number of aliphatic hydroxyl groups is 1. The summed E-state index contributed by atoms with van der Waals surface area (Å²) in [6, 6.07) is -5.92. The predicted octanol–water partition coefficient (Wildman–Crippen LogP) is -6.13. The maximum Gasteiger partial charge on any atom is 2.00 e. The van der Waals surface area contributed by atoms with Crippen LogP contribution in [0.3, 0.4) is 0 Å². The fourth-order valence-electron chi connectivity index (χ4n) is 15.5. The summed E-state index contributed by atoms with van der Waals surface area (Å²) in [5.41, 5.74) is 0.470. The van der Waals surface area contributed by atoms with Gasteiger partial charge in [0.2, 0.25) is 59.1 Å². The monoisotopic (exact) mass is 2280 g/mol. The number of carboxylic acids is 9. The van der Waals surface area contributed by atoms with Gasteiger partial charge in [-0.05, 0) is 73.4 Å². The second-order valence-electron chi connectivity index (χ2n) is 33.4. The number of hydrogen-bond acceptors (Lipinski definition) is 32. The zero-order chi connectivity index (χ0) is 99.7. The molecule has 4 fully saturated rings. The molecule has 0 bridgehead atoms. The van der Waals surface area contributed by atoms with E-state index < -0.39 is 296 Å². The molecule has 4 aliphatic heterocycles. The van der Waals surface area contributed by atoms with Gasteiger partial charge in [0.1, 0.15) is 65.9 Å². The molecule has 4 saturated heterocycles. The van der Waals surface area contributed by atoms with Gasteiger partial charge in [-0.3, -0.25) is 130 Å². The third-order valence-electron chi connectivity index (χ3n) is 22.5. The summed E-state index contributed by atoms with van der Waals surface area (Å²) in [7, 11) is 2.04. The predicted molar refractivity (Wildman–Crippen MR) is 480 cm³/mol. The van der Waals surface area contributed by atoms with Crippen molar-refractivity contribution in [1.29, 1.82) is 0 Å². The Hall–Kier alpha value is -8.75. The van der Waals surface area contributed by atoms with Gasteiger partial charge in [0.15, 0.2) is 0 Å². The zero-order valence-electron chi connectivity index (χ0n) is 75.5. The molecular formula is C83H123ClGd2N18O31S2+4. The molecule has 0 radical (unpaired) electrons. The van der Waals surface area contributed by atoms with Crippen LogP contribution < -0.4 is 47.9 Å². The molecule has 4 heterocycles. The zero-order valence-corrected chi connectivity index (χ0v) is 82.4. The van der Waals surface area contributed by atoms with Crippen molar-refractivity contribution in [3.05, 3.63) is 58.6 Å². The summed E-state index contributed by atoms with van der Waals surface area (Å²) in [6.45, 7) is -2.85. The van der Waals surface area contributed by atoms with Gasteiger partial charge in [-0.25, -0.2) is 0 Å². The Morgan fingerprint density at radius 2 is 0.920 bits per heavy atom. The Kier molecular flexibility index (Phi) is 54.9.